The average Bonchev–Trinajstić information content (AvgIpc) is 3.34. The number of rotatable bonds is 5. The van der Waals surface area contributed by atoms with Gasteiger partial charge in [0.1, 0.15) is 0 Å². The maximum absolute atomic E-state index is 12.7. The van der Waals surface area contributed by atoms with Crippen molar-refractivity contribution in [3.8, 4) is 11.8 Å². The molecule has 1 heterocycles. The smallest absolute Gasteiger partial charge is 0.337 e. The lowest BCUT2D eigenvalue weighted by molar-refractivity contribution is 0.0696. The molecule has 7 heteroatoms. The number of hydrogen-bond donors (Lipinski definition) is 2. The number of benzene rings is 2. The number of nitrogens with zero attached hydrogens (tertiary/aromatic N) is 3. The minimum Gasteiger partial charge on any atom is -0.478 e. The van der Waals surface area contributed by atoms with Crippen LogP contribution in [0.1, 0.15) is 48.8 Å². The minimum absolute atomic E-state index is 0.105. The highest BCUT2D eigenvalue weighted by atomic mass is 16.4. The van der Waals surface area contributed by atoms with E-state index in [1.807, 2.05) is 38.1 Å². The Balaban J connectivity index is 1.57. The van der Waals surface area contributed by atoms with Crippen molar-refractivity contribution in [2.75, 3.05) is 0 Å². The van der Waals surface area contributed by atoms with Crippen LogP contribution in [0.5, 0.6) is 0 Å². The van der Waals surface area contributed by atoms with Crippen LogP contribution in [0.2, 0.25) is 0 Å². The Bertz CT molecular complexity index is 1340. The van der Waals surface area contributed by atoms with Gasteiger partial charge in [0.15, 0.2) is 0 Å². The highest BCUT2D eigenvalue weighted by Crippen LogP contribution is 2.27. The van der Waals surface area contributed by atoms with Crippen LogP contribution in [0.3, 0.4) is 0 Å². The summed E-state index contributed by atoms with van der Waals surface area (Å²) in [5, 5.41) is 22.8. The molecule has 0 atom stereocenters. The Morgan fingerprint density at radius 1 is 1.12 bits per heavy atom. The van der Waals surface area contributed by atoms with Gasteiger partial charge < -0.3 is 9.67 Å². The van der Waals surface area contributed by atoms with Crippen LogP contribution >= 0.6 is 0 Å². The number of carbonyl (C=O) groups is 2. The van der Waals surface area contributed by atoms with Gasteiger partial charge in [-0.1, -0.05) is 12.1 Å². The van der Waals surface area contributed by atoms with Gasteiger partial charge in [0.05, 0.1) is 29.1 Å². The summed E-state index contributed by atoms with van der Waals surface area (Å²) in [4.78, 5) is 24.4. The van der Waals surface area contributed by atoms with Crippen LogP contribution < -0.4 is 5.43 Å². The van der Waals surface area contributed by atoms with Gasteiger partial charge >= 0.3 is 5.97 Å². The van der Waals surface area contributed by atoms with E-state index in [2.05, 4.69) is 16.6 Å². The van der Waals surface area contributed by atoms with Gasteiger partial charge in [-0.05, 0) is 79.4 Å². The molecule has 7 nitrogen and oxygen atoms in total. The van der Waals surface area contributed by atoms with E-state index in [9.17, 15) is 14.7 Å². The lowest BCUT2D eigenvalue weighted by Gasteiger charge is -2.14. The van der Waals surface area contributed by atoms with Gasteiger partial charge in [-0.3, -0.25) is 4.79 Å². The fraction of sp³-hybridized carbons (Fsp3) is 0.120. The third-order valence-corrected chi connectivity index (χ3v) is 5.46. The van der Waals surface area contributed by atoms with Gasteiger partial charge in [0.2, 0.25) is 0 Å². The quantitative estimate of drug-likeness (QED) is 0.476. The third kappa shape index (κ3) is 3.82. The van der Waals surface area contributed by atoms with Crippen LogP contribution in [-0.2, 0) is 6.42 Å². The Morgan fingerprint density at radius 3 is 2.56 bits per heavy atom. The number of hydrazone groups is 1. The SMILES string of the molecule is Cc1ccc(C)n1-c1cc(C(=O)N/N=C/C2=CCc3ccc(C#N)cc32)ccc1C(=O)O. The molecular formula is C25H20N4O3. The lowest BCUT2D eigenvalue weighted by atomic mass is 10.0. The number of aromatic nitrogens is 1. The summed E-state index contributed by atoms with van der Waals surface area (Å²) >= 11 is 0. The number of amides is 1. The third-order valence-electron chi connectivity index (χ3n) is 5.46. The summed E-state index contributed by atoms with van der Waals surface area (Å²) in [5.41, 5.74) is 8.48. The predicted octanol–water partition coefficient (Wildman–Crippen LogP) is 4.02. The molecule has 4 rings (SSSR count). The number of allylic oxidation sites excluding steroid dienone is 2. The van der Waals surface area contributed by atoms with Crippen LogP contribution in [0, 0.1) is 25.2 Å². The van der Waals surface area contributed by atoms with E-state index in [1.54, 1.807) is 29.0 Å². The first-order valence-corrected chi connectivity index (χ1v) is 9.98. The molecule has 3 aromatic rings. The first-order chi connectivity index (χ1) is 15.4. The summed E-state index contributed by atoms with van der Waals surface area (Å²) in [6, 6.07) is 15.9. The molecule has 1 aliphatic carbocycles. The van der Waals surface area contributed by atoms with Crippen LogP contribution in [0.25, 0.3) is 11.3 Å². The van der Waals surface area contributed by atoms with Crippen molar-refractivity contribution in [2.45, 2.75) is 20.3 Å². The molecule has 0 aliphatic heterocycles. The summed E-state index contributed by atoms with van der Waals surface area (Å²) in [6.45, 7) is 3.75. The van der Waals surface area contributed by atoms with Crippen molar-refractivity contribution in [3.63, 3.8) is 0 Å². The molecule has 1 aromatic heterocycles. The maximum atomic E-state index is 12.7. The lowest BCUT2D eigenvalue weighted by Crippen LogP contribution is -2.19. The standard InChI is InChI=1S/C25H20N4O3/c1-15-3-4-16(2)29(15)23-12-19(9-10-21(23)25(31)32)24(30)28-27-14-20-8-7-18-6-5-17(13-26)11-22(18)20/h3-6,8-12,14H,7H2,1-2H3,(H,28,30)(H,31,32)/b27-14+. The summed E-state index contributed by atoms with van der Waals surface area (Å²) < 4.78 is 1.80. The number of nitriles is 1. The van der Waals surface area contributed by atoms with E-state index in [0.29, 0.717) is 16.8 Å². The molecular weight excluding hydrogens is 404 g/mol. The predicted molar refractivity (Wildman–Crippen MR) is 121 cm³/mol. The Morgan fingerprint density at radius 2 is 1.88 bits per heavy atom. The molecule has 2 N–H and O–H groups in total. The number of aryl methyl sites for hydroxylation is 2. The zero-order valence-electron chi connectivity index (χ0n) is 17.6. The van der Waals surface area contributed by atoms with Crippen molar-refractivity contribution >= 4 is 23.7 Å². The van der Waals surface area contributed by atoms with E-state index in [4.69, 9.17) is 5.26 Å². The molecule has 0 spiro atoms. The number of carboxylic acids is 1. The number of carbonyl (C=O) groups excluding carboxylic acids is 1. The minimum atomic E-state index is -1.07. The van der Waals surface area contributed by atoms with E-state index in [0.717, 1.165) is 34.5 Å². The van der Waals surface area contributed by atoms with Crippen molar-refractivity contribution in [2.24, 2.45) is 5.10 Å². The fourth-order valence-electron chi connectivity index (χ4n) is 3.86. The van der Waals surface area contributed by atoms with E-state index < -0.39 is 11.9 Å². The fourth-order valence-corrected chi connectivity index (χ4v) is 3.86. The molecule has 32 heavy (non-hydrogen) atoms. The zero-order valence-corrected chi connectivity index (χ0v) is 17.6. The zero-order chi connectivity index (χ0) is 22.8. The Labute approximate surface area is 184 Å². The number of hydrogen-bond acceptors (Lipinski definition) is 4. The van der Waals surface area contributed by atoms with Crippen molar-refractivity contribution in [1.29, 1.82) is 5.26 Å². The molecule has 158 valence electrons. The Kier molecular flexibility index (Phi) is 5.44. The second-order valence-corrected chi connectivity index (χ2v) is 7.54. The van der Waals surface area contributed by atoms with Crippen molar-refractivity contribution in [1.82, 2.24) is 9.99 Å². The molecule has 0 saturated carbocycles. The molecule has 0 unspecified atom stereocenters. The molecule has 0 fully saturated rings. The first kappa shape index (κ1) is 20.8. The van der Waals surface area contributed by atoms with Crippen LogP contribution in [0.4, 0.5) is 0 Å². The van der Waals surface area contributed by atoms with Crippen molar-refractivity contribution in [3.05, 3.63) is 93.8 Å². The molecule has 0 bridgehead atoms. The first-order valence-electron chi connectivity index (χ1n) is 9.98. The second kappa shape index (κ2) is 8.36. The summed E-state index contributed by atoms with van der Waals surface area (Å²) in [5.74, 6) is -1.52. The molecule has 0 radical (unpaired) electrons. The maximum Gasteiger partial charge on any atom is 0.337 e. The molecule has 1 amide bonds. The van der Waals surface area contributed by atoms with Crippen molar-refractivity contribution < 1.29 is 14.7 Å². The largest absolute Gasteiger partial charge is 0.478 e. The highest BCUT2D eigenvalue weighted by molar-refractivity contribution is 6.12. The second-order valence-electron chi connectivity index (χ2n) is 7.54. The van der Waals surface area contributed by atoms with Gasteiger partial charge in [-0.15, -0.1) is 0 Å². The molecule has 0 saturated heterocycles. The number of nitrogens with one attached hydrogen (secondary N) is 1. The van der Waals surface area contributed by atoms with E-state index in [1.165, 1.54) is 12.1 Å². The van der Waals surface area contributed by atoms with Gasteiger partial charge in [-0.2, -0.15) is 10.4 Å². The summed E-state index contributed by atoms with van der Waals surface area (Å²) in [6.07, 6.45) is 4.28. The van der Waals surface area contributed by atoms with Gasteiger partial charge in [0, 0.05) is 17.0 Å². The van der Waals surface area contributed by atoms with E-state index in [-0.39, 0.29) is 5.56 Å². The van der Waals surface area contributed by atoms with E-state index >= 15 is 0 Å². The van der Waals surface area contributed by atoms with Crippen LogP contribution in [-0.4, -0.2) is 27.8 Å². The highest BCUT2D eigenvalue weighted by Gasteiger charge is 2.18. The Hall–Kier alpha value is -4.44. The summed E-state index contributed by atoms with van der Waals surface area (Å²) in [7, 11) is 0. The van der Waals surface area contributed by atoms with Gasteiger partial charge in [-0.25, -0.2) is 10.2 Å². The number of carboxylic acid groups (broad SMARTS) is 1. The molecule has 1 aliphatic rings. The topological polar surface area (TPSA) is 107 Å². The normalized spacial score (nSPS) is 12.3. The molecule has 2 aromatic carbocycles. The average molecular weight is 424 g/mol. The number of aromatic carboxylic acids is 1. The monoisotopic (exact) mass is 424 g/mol. The van der Waals surface area contributed by atoms with Crippen LogP contribution in [0.15, 0.2) is 59.7 Å². The number of fused-ring (bicyclic) bond motifs is 1. The van der Waals surface area contributed by atoms with Gasteiger partial charge in [0.25, 0.3) is 5.91 Å².